The molecule has 2 rings (SSSR count). The normalized spacial score (nSPS) is 20.3. The number of hydrogen-bond donors (Lipinski definition) is 3. The second-order valence-electron chi connectivity index (χ2n) is 5.33. The minimum absolute atomic E-state index is 0.0708. The monoisotopic (exact) mass is 285 g/mol. The highest BCUT2D eigenvalue weighted by molar-refractivity contribution is 6.04. The molecule has 0 aliphatic heterocycles. The SMILES string of the molecule is Cc1ccc(C(=O)NC2CCC(=N)/C(=C\C(N)=O)C2)cc1. The number of hydrogen-bond acceptors (Lipinski definition) is 3. The summed E-state index contributed by atoms with van der Waals surface area (Å²) in [6.07, 6.45) is 3.00. The molecule has 0 radical (unpaired) electrons. The van der Waals surface area contributed by atoms with E-state index in [9.17, 15) is 9.59 Å². The summed E-state index contributed by atoms with van der Waals surface area (Å²) >= 11 is 0. The summed E-state index contributed by atoms with van der Waals surface area (Å²) in [5, 5.41) is 10.8. The van der Waals surface area contributed by atoms with E-state index < -0.39 is 5.91 Å². The van der Waals surface area contributed by atoms with Crippen molar-refractivity contribution < 1.29 is 9.59 Å². The average molecular weight is 285 g/mol. The second kappa shape index (κ2) is 6.35. The number of carbonyl (C=O) groups is 2. The van der Waals surface area contributed by atoms with Gasteiger partial charge in [0.2, 0.25) is 5.91 Å². The van der Waals surface area contributed by atoms with Crippen molar-refractivity contribution in [1.29, 1.82) is 5.41 Å². The van der Waals surface area contributed by atoms with Gasteiger partial charge in [-0.3, -0.25) is 9.59 Å². The number of nitrogens with one attached hydrogen (secondary N) is 2. The summed E-state index contributed by atoms with van der Waals surface area (Å²) in [5.41, 5.74) is 7.89. The Hall–Kier alpha value is -2.43. The molecule has 1 fully saturated rings. The van der Waals surface area contributed by atoms with Crippen LogP contribution in [0.1, 0.15) is 35.2 Å². The topological polar surface area (TPSA) is 96.0 Å². The van der Waals surface area contributed by atoms with Crippen molar-refractivity contribution >= 4 is 17.5 Å². The van der Waals surface area contributed by atoms with E-state index in [4.69, 9.17) is 11.1 Å². The molecule has 1 unspecified atom stereocenters. The van der Waals surface area contributed by atoms with Crippen molar-refractivity contribution in [3.05, 3.63) is 47.0 Å². The van der Waals surface area contributed by atoms with Gasteiger partial charge < -0.3 is 16.5 Å². The van der Waals surface area contributed by atoms with Crippen LogP contribution in [0.2, 0.25) is 0 Å². The predicted octanol–water partition coefficient (Wildman–Crippen LogP) is 1.71. The Morgan fingerprint density at radius 2 is 2.00 bits per heavy atom. The van der Waals surface area contributed by atoms with E-state index >= 15 is 0 Å². The van der Waals surface area contributed by atoms with Crippen LogP contribution in [-0.2, 0) is 4.79 Å². The van der Waals surface area contributed by atoms with Crippen LogP contribution in [-0.4, -0.2) is 23.6 Å². The van der Waals surface area contributed by atoms with E-state index in [0.29, 0.717) is 36.1 Å². The molecule has 21 heavy (non-hydrogen) atoms. The predicted molar refractivity (Wildman–Crippen MR) is 81.3 cm³/mol. The van der Waals surface area contributed by atoms with Crippen molar-refractivity contribution in [2.24, 2.45) is 5.73 Å². The van der Waals surface area contributed by atoms with Crippen molar-refractivity contribution in [3.63, 3.8) is 0 Å². The molecule has 1 aliphatic rings. The molecule has 1 saturated carbocycles. The molecule has 5 nitrogen and oxygen atoms in total. The first-order valence-corrected chi connectivity index (χ1v) is 6.91. The molecule has 4 N–H and O–H groups in total. The number of primary amides is 1. The fourth-order valence-corrected chi connectivity index (χ4v) is 2.38. The quantitative estimate of drug-likeness (QED) is 0.737. The van der Waals surface area contributed by atoms with E-state index in [-0.39, 0.29) is 11.9 Å². The van der Waals surface area contributed by atoms with Crippen LogP contribution in [0.25, 0.3) is 0 Å². The zero-order valence-electron chi connectivity index (χ0n) is 12.0. The summed E-state index contributed by atoms with van der Waals surface area (Å²) in [6, 6.07) is 7.29. The van der Waals surface area contributed by atoms with Crippen molar-refractivity contribution in [3.8, 4) is 0 Å². The first-order valence-electron chi connectivity index (χ1n) is 6.91. The maximum atomic E-state index is 12.2. The van der Waals surface area contributed by atoms with Gasteiger partial charge in [-0.25, -0.2) is 0 Å². The molecule has 1 atom stereocenters. The standard InChI is InChI=1S/C16H19N3O2/c1-10-2-4-11(5-3-10)16(21)19-13-6-7-14(17)12(8-13)9-15(18)20/h2-5,9,13,17H,6-8H2,1H3,(H2,18,20)(H,19,21)/b12-9-,17-14?. The van der Waals surface area contributed by atoms with E-state index in [1.54, 1.807) is 12.1 Å². The molecule has 1 aliphatic carbocycles. The van der Waals surface area contributed by atoms with Gasteiger partial charge in [0.15, 0.2) is 0 Å². The summed E-state index contributed by atoms with van der Waals surface area (Å²) in [4.78, 5) is 23.1. The molecule has 5 heteroatoms. The van der Waals surface area contributed by atoms with Crippen LogP contribution in [0.4, 0.5) is 0 Å². The first kappa shape index (κ1) is 15.0. The van der Waals surface area contributed by atoms with Gasteiger partial charge in [-0.2, -0.15) is 0 Å². The molecule has 0 saturated heterocycles. The lowest BCUT2D eigenvalue weighted by molar-refractivity contribution is -0.113. The zero-order valence-corrected chi connectivity index (χ0v) is 12.0. The fourth-order valence-electron chi connectivity index (χ4n) is 2.38. The van der Waals surface area contributed by atoms with Crippen LogP contribution in [0.15, 0.2) is 35.9 Å². The smallest absolute Gasteiger partial charge is 0.251 e. The number of aryl methyl sites for hydroxylation is 1. The van der Waals surface area contributed by atoms with Crippen molar-refractivity contribution in [2.75, 3.05) is 0 Å². The van der Waals surface area contributed by atoms with E-state index in [1.807, 2.05) is 19.1 Å². The van der Waals surface area contributed by atoms with Crippen LogP contribution in [0, 0.1) is 12.3 Å². The average Bonchev–Trinajstić information content (AvgIpc) is 2.42. The van der Waals surface area contributed by atoms with E-state index in [1.165, 1.54) is 6.08 Å². The molecule has 0 spiro atoms. The van der Waals surface area contributed by atoms with Gasteiger partial charge in [-0.15, -0.1) is 0 Å². The third kappa shape index (κ3) is 4.02. The zero-order chi connectivity index (χ0) is 15.4. The molecular formula is C16H19N3O2. The van der Waals surface area contributed by atoms with Gasteiger partial charge in [0.1, 0.15) is 0 Å². The maximum Gasteiger partial charge on any atom is 0.251 e. The van der Waals surface area contributed by atoms with Gasteiger partial charge in [0.05, 0.1) is 0 Å². The minimum atomic E-state index is -0.555. The lowest BCUT2D eigenvalue weighted by Gasteiger charge is -2.25. The second-order valence-corrected chi connectivity index (χ2v) is 5.33. The van der Waals surface area contributed by atoms with Gasteiger partial charge in [0, 0.05) is 23.4 Å². The molecule has 1 aromatic carbocycles. The van der Waals surface area contributed by atoms with Gasteiger partial charge in [-0.05, 0) is 43.9 Å². The van der Waals surface area contributed by atoms with Gasteiger partial charge in [0.25, 0.3) is 5.91 Å². The Balaban J connectivity index is 2.03. The Kier molecular flexibility index (Phi) is 4.52. The minimum Gasteiger partial charge on any atom is -0.366 e. The molecule has 110 valence electrons. The van der Waals surface area contributed by atoms with Crippen molar-refractivity contribution in [1.82, 2.24) is 5.32 Å². The third-order valence-electron chi connectivity index (χ3n) is 3.56. The Labute approximate surface area is 123 Å². The number of amides is 2. The number of nitrogens with two attached hydrogens (primary N) is 1. The fraction of sp³-hybridized carbons (Fsp3) is 0.312. The number of benzene rings is 1. The molecule has 0 heterocycles. The molecule has 0 aromatic heterocycles. The van der Waals surface area contributed by atoms with E-state index in [0.717, 1.165) is 5.56 Å². The van der Waals surface area contributed by atoms with Crippen LogP contribution >= 0.6 is 0 Å². The Morgan fingerprint density at radius 3 is 2.62 bits per heavy atom. The van der Waals surface area contributed by atoms with Gasteiger partial charge in [-0.1, -0.05) is 17.7 Å². The summed E-state index contributed by atoms with van der Waals surface area (Å²) in [5.74, 6) is -0.688. The first-order chi connectivity index (χ1) is 9.95. The van der Waals surface area contributed by atoms with Crippen molar-refractivity contribution in [2.45, 2.75) is 32.2 Å². The summed E-state index contributed by atoms with van der Waals surface area (Å²) in [7, 11) is 0. The Morgan fingerprint density at radius 1 is 1.33 bits per heavy atom. The molecular weight excluding hydrogens is 266 g/mol. The highest BCUT2D eigenvalue weighted by Crippen LogP contribution is 2.21. The third-order valence-corrected chi connectivity index (χ3v) is 3.56. The Bertz CT molecular complexity index is 602. The van der Waals surface area contributed by atoms with Crippen LogP contribution < -0.4 is 11.1 Å². The molecule has 2 amide bonds. The van der Waals surface area contributed by atoms with Crippen LogP contribution in [0.3, 0.4) is 0 Å². The van der Waals surface area contributed by atoms with E-state index in [2.05, 4.69) is 5.32 Å². The lowest BCUT2D eigenvalue weighted by Crippen LogP contribution is -2.38. The highest BCUT2D eigenvalue weighted by atomic mass is 16.2. The molecule has 0 bridgehead atoms. The number of carbonyl (C=O) groups excluding carboxylic acids is 2. The largest absolute Gasteiger partial charge is 0.366 e. The molecule has 1 aromatic rings. The van der Waals surface area contributed by atoms with Crippen LogP contribution in [0.5, 0.6) is 0 Å². The lowest BCUT2D eigenvalue weighted by atomic mass is 9.88. The van der Waals surface area contributed by atoms with Gasteiger partial charge >= 0.3 is 0 Å². The summed E-state index contributed by atoms with van der Waals surface area (Å²) < 4.78 is 0. The number of rotatable bonds is 3. The summed E-state index contributed by atoms with van der Waals surface area (Å²) in [6.45, 7) is 1.97. The maximum absolute atomic E-state index is 12.2. The highest BCUT2D eigenvalue weighted by Gasteiger charge is 2.23.